The molecule has 0 heterocycles. The van der Waals surface area contributed by atoms with Crippen LogP contribution in [0.4, 0.5) is 4.48 Å². The second-order valence-corrected chi connectivity index (χ2v) is 4.54. The van der Waals surface area contributed by atoms with E-state index in [2.05, 4.69) is 22.0 Å². The number of carbonyl (C=O) groups is 1. The molecule has 0 aromatic rings. The number of ether oxygens (including phenoxy) is 1. The number of hydrogen-bond donors (Lipinski definition) is 2. The van der Waals surface area contributed by atoms with Crippen molar-refractivity contribution in [2.24, 2.45) is 9.98 Å². The highest BCUT2D eigenvalue weighted by Gasteiger charge is 2.11. The fourth-order valence-electron chi connectivity index (χ4n) is 1.86. The zero-order valence-electron chi connectivity index (χ0n) is 12.9. The van der Waals surface area contributed by atoms with Crippen LogP contribution in [-0.2, 0) is 9.53 Å². The molecule has 0 bridgehead atoms. The van der Waals surface area contributed by atoms with E-state index in [1.54, 1.807) is 5.54 Å². The van der Waals surface area contributed by atoms with Gasteiger partial charge >= 0.3 is 0 Å². The first kappa shape index (κ1) is 20.5. The molecule has 126 valence electrons. The molecule has 0 rings (SSSR count). The van der Waals surface area contributed by atoms with Crippen molar-refractivity contribution in [1.82, 2.24) is 10.9 Å². The Hall–Kier alpha value is -1.47. The van der Waals surface area contributed by atoms with E-state index in [-0.39, 0.29) is 11.8 Å². The van der Waals surface area contributed by atoms with Gasteiger partial charge in [-0.25, -0.2) is 5.54 Å². The Labute approximate surface area is 135 Å². The van der Waals surface area contributed by atoms with Crippen molar-refractivity contribution in [1.29, 1.82) is 0 Å². The third-order valence-corrected chi connectivity index (χ3v) is 3.03. The number of amidine groups is 1. The van der Waals surface area contributed by atoms with Crippen molar-refractivity contribution in [3.8, 4) is 0 Å². The third kappa shape index (κ3) is 8.74. The molecule has 6 nitrogen and oxygen atoms in total. The lowest BCUT2D eigenvalue weighted by Gasteiger charge is -2.11. The smallest absolute Gasteiger partial charge is 0.207 e. The van der Waals surface area contributed by atoms with Crippen LogP contribution in [-0.4, -0.2) is 44.7 Å². The zero-order chi connectivity index (χ0) is 16.6. The number of allylic oxidation sites excluding steroid dienone is 1. The van der Waals surface area contributed by atoms with Crippen LogP contribution < -0.4 is 10.9 Å². The standard InChI is InChI=1S/C14H24ClFN4O2/c1-3-12(14(20-16)19-10-15)13(17-2)6-4-5-8-22-9-7-18-11-21/h11H,2-10H2,1H3,(H,18,21)(H,19,20)/b13-12-. The van der Waals surface area contributed by atoms with Crippen LogP contribution in [0.1, 0.15) is 32.6 Å². The van der Waals surface area contributed by atoms with Gasteiger partial charge < -0.3 is 10.1 Å². The highest BCUT2D eigenvalue weighted by molar-refractivity contribution is 6.18. The van der Waals surface area contributed by atoms with Crippen molar-refractivity contribution < 1.29 is 14.0 Å². The topological polar surface area (TPSA) is 75.1 Å². The van der Waals surface area contributed by atoms with Gasteiger partial charge in [0.15, 0.2) is 5.84 Å². The van der Waals surface area contributed by atoms with Gasteiger partial charge in [-0.05, 0) is 32.4 Å². The molecule has 0 aliphatic heterocycles. The van der Waals surface area contributed by atoms with Crippen LogP contribution >= 0.6 is 11.6 Å². The molecule has 2 N–H and O–H groups in total. The molecular weight excluding hydrogens is 311 g/mol. The van der Waals surface area contributed by atoms with Crippen LogP contribution in [0.2, 0.25) is 0 Å². The Morgan fingerprint density at radius 2 is 2.18 bits per heavy atom. The number of alkyl halides is 1. The molecule has 0 aliphatic carbocycles. The SMILES string of the molecule is C=N/C(CCCCOCCNC=O)=C(CC)\C(=N/CCl)NF. The quantitative estimate of drug-likeness (QED) is 0.103. The molecule has 0 unspecified atom stereocenters. The van der Waals surface area contributed by atoms with Gasteiger partial charge in [0.2, 0.25) is 6.41 Å². The van der Waals surface area contributed by atoms with Gasteiger partial charge in [0.05, 0.1) is 6.61 Å². The Morgan fingerprint density at radius 3 is 2.73 bits per heavy atom. The summed E-state index contributed by atoms with van der Waals surface area (Å²) in [4.78, 5) is 17.9. The zero-order valence-corrected chi connectivity index (χ0v) is 13.7. The number of unbranched alkanes of at least 4 members (excludes halogenated alkanes) is 1. The van der Waals surface area contributed by atoms with Gasteiger partial charge in [-0.3, -0.25) is 14.8 Å². The minimum atomic E-state index is -0.0250. The average Bonchev–Trinajstić information content (AvgIpc) is 2.54. The molecule has 0 spiro atoms. The van der Waals surface area contributed by atoms with E-state index in [1.165, 1.54) is 0 Å². The second-order valence-electron chi connectivity index (χ2n) is 4.30. The Morgan fingerprint density at radius 1 is 1.41 bits per heavy atom. The number of rotatable bonds is 13. The summed E-state index contributed by atoms with van der Waals surface area (Å²) >= 11 is 5.52. The first-order chi connectivity index (χ1) is 10.7. The second kappa shape index (κ2) is 14.5. The minimum absolute atomic E-state index is 0.0250. The van der Waals surface area contributed by atoms with Gasteiger partial charge in [0.25, 0.3) is 0 Å². The Kier molecular flexibility index (Phi) is 13.5. The van der Waals surface area contributed by atoms with E-state index in [0.29, 0.717) is 50.3 Å². The predicted molar refractivity (Wildman–Crippen MR) is 88.0 cm³/mol. The molecule has 22 heavy (non-hydrogen) atoms. The lowest BCUT2D eigenvalue weighted by atomic mass is 10.1. The van der Waals surface area contributed by atoms with E-state index < -0.39 is 0 Å². The largest absolute Gasteiger partial charge is 0.380 e. The van der Waals surface area contributed by atoms with Gasteiger partial charge in [-0.2, -0.15) is 0 Å². The summed E-state index contributed by atoms with van der Waals surface area (Å²) in [6.45, 7) is 7.01. The summed E-state index contributed by atoms with van der Waals surface area (Å²) in [5.74, 6) is 0.107. The van der Waals surface area contributed by atoms with E-state index in [0.717, 1.165) is 12.8 Å². The number of nitrogens with zero attached hydrogens (tertiary/aromatic N) is 2. The van der Waals surface area contributed by atoms with Crippen molar-refractivity contribution in [2.45, 2.75) is 32.6 Å². The molecule has 0 aliphatic rings. The normalized spacial score (nSPS) is 12.6. The van der Waals surface area contributed by atoms with E-state index >= 15 is 0 Å². The number of nitrogens with one attached hydrogen (secondary N) is 2. The minimum Gasteiger partial charge on any atom is -0.380 e. The maximum Gasteiger partial charge on any atom is 0.207 e. The molecule has 8 heteroatoms. The summed E-state index contributed by atoms with van der Waals surface area (Å²) in [6.07, 6.45) is 3.55. The molecule has 0 aromatic heterocycles. The van der Waals surface area contributed by atoms with Crippen LogP contribution in [0.25, 0.3) is 0 Å². The third-order valence-electron chi connectivity index (χ3n) is 2.91. The summed E-state index contributed by atoms with van der Waals surface area (Å²) in [7, 11) is 0. The molecular formula is C14H24ClFN4O2. The summed E-state index contributed by atoms with van der Waals surface area (Å²) in [5.41, 5.74) is 2.94. The lowest BCUT2D eigenvalue weighted by Crippen LogP contribution is -2.18. The molecule has 0 aromatic carbocycles. The van der Waals surface area contributed by atoms with Gasteiger partial charge in [-0.1, -0.05) is 6.92 Å². The number of carbonyl (C=O) groups excluding carboxylic acids is 1. The highest BCUT2D eigenvalue weighted by atomic mass is 35.5. The highest BCUT2D eigenvalue weighted by Crippen LogP contribution is 2.18. The van der Waals surface area contributed by atoms with E-state index in [1.807, 2.05) is 6.92 Å². The molecule has 0 radical (unpaired) electrons. The predicted octanol–water partition coefficient (Wildman–Crippen LogP) is 2.35. The van der Waals surface area contributed by atoms with Crippen LogP contribution in [0.3, 0.4) is 0 Å². The van der Waals surface area contributed by atoms with Crippen molar-refractivity contribution in [3.05, 3.63) is 11.3 Å². The maximum absolute atomic E-state index is 12.8. The van der Waals surface area contributed by atoms with Crippen LogP contribution in [0.15, 0.2) is 21.3 Å². The lowest BCUT2D eigenvalue weighted by molar-refractivity contribution is -0.109. The number of hydrogen-bond acceptors (Lipinski definition) is 4. The van der Waals surface area contributed by atoms with Crippen LogP contribution in [0.5, 0.6) is 0 Å². The summed E-state index contributed by atoms with van der Waals surface area (Å²) < 4.78 is 18.1. The average molecular weight is 335 g/mol. The first-order valence-electron chi connectivity index (χ1n) is 7.16. The molecule has 1 amide bonds. The van der Waals surface area contributed by atoms with Crippen LogP contribution in [0, 0.1) is 0 Å². The summed E-state index contributed by atoms with van der Waals surface area (Å²) in [5, 5.41) is 2.52. The van der Waals surface area contributed by atoms with E-state index in [9.17, 15) is 9.28 Å². The van der Waals surface area contributed by atoms with Crippen molar-refractivity contribution in [2.75, 3.05) is 25.8 Å². The van der Waals surface area contributed by atoms with Gasteiger partial charge in [-0.15, -0.1) is 16.1 Å². The fraction of sp³-hybridized carbons (Fsp3) is 0.643. The van der Waals surface area contributed by atoms with Gasteiger partial charge in [0, 0.05) is 24.4 Å². The monoisotopic (exact) mass is 334 g/mol. The number of amides is 1. The van der Waals surface area contributed by atoms with E-state index in [4.69, 9.17) is 16.3 Å². The van der Waals surface area contributed by atoms with Crippen molar-refractivity contribution in [3.63, 3.8) is 0 Å². The number of halogens is 2. The summed E-state index contributed by atoms with van der Waals surface area (Å²) in [6, 6.07) is -0.0250. The Bertz CT molecular complexity index is 389. The molecule has 0 saturated carbocycles. The molecule has 0 atom stereocenters. The first-order valence-corrected chi connectivity index (χ1v) is 7.69. The van der Waals surface area contributed by atoms with Gasteiger partial charge in [0.1, 0.15) is 6.00 Å². The molecule has 0 fully saturated rings. The Balaban J connectivity index is 4.32. The van der Waals surface area contributed by atoms with Crippen molar-refractivity contribution >= 4 is 30.6 Å². The molecule has 0 saturated heterocycles. The maximum atomic E-state index is 12.8. The number of aliphatic imine (C=N–C) groups is 2. The fourth-order valence-corrected chi connectivity index (χ4v) is 1.98.